The Morgan fingerprint density at radius 2 is 1.89 bits per heavy atom. The van der Waals surface area contributed by atoms with Gasteiger partial charge >= 0.3 is 0 Å². The Kier molecular flexibility index (Phi) is 5.28. The fraction of sp³-hybridized carbons (Fsp3) is 0.875. The first kappa shape index (κ1) is 16.8. The largest absolute Gasteiger partial charge is 0.403 e. The Morgan fingerprint density at radius 3 is 2.21 bits per heavy atom. The van der Waals surface area contributed by atoms with Crippen molar-refractivity contribution in [2.45, 2.75) is 77.6 Å². The summed E-state index contributed by atoms with van der Waals surface area (Å²) in [6.45, 7) is 13.5. The third kappa shape index (κ3) is 3.62. The standard InChI is InChI=1S/C16H30O2Si/c1-7-16(11-9-12-16)14(10-8-13-17)18-19(5,6)15(2,3)4/h14,17H,7,9,11-13H2,1-6H3. The molecule has 110 valence electrons. The summed E-state index contributed by atoms with van der Waals surface area (Å²) in [6, 6.07) is 0. The van der Waals surface area contributed by atoms with E-state index in [9.17, 15) is 0 Å². The fourth-order valence-corrected chi connectivity index (χ4v) is 3.60. The molecule has 0 amide bonds. The van der Waals surface area contributed by atoms with Crippen LogP contribution in [0.3, 0.4) is 0 Å². The van der Waals surface area contributed by atoms with Crippen LogP contribution in [0.5, 0.6) is 0 Å². The van der Waals surface area contributed by atoms with Crippen molar-refractivity contribution in [2.75, 3.05) is 6.61 Å². The first-order valence-corrected chi connectivity index (χ1v) is 10.4. The Bertz CT molecular complexity index is 348. The molecule has 0 aromatic heterocycles. The second kappa shape index (κ2) is 5.99. The van der Waals surface area contributed by atoms with Gasteiger partial charge in [0.1, 0.15) is 12.7 Å². The molecular formula is C16H30O2Si. The highest BCUT2D eigenvalue weighted by Gasteiger charge is 2.47. The Morgan fingerprint density at radius 1 is 1.32 bits per heavy atom. The van der Waals surface area contributed by atoms with E-state index in [1.54, 1.807) is 0 Å². The molecule has 1 rings (SSSR count). The van der Waals surface area contributed by atoms with E-state index < -0.39 is 8.32 Å². The summed E-state index contributed by atoms with van der Waals surface area (Å²) in [6.07, 6.45) is 4.82. The van der Waals surface area contributed by atoms with Crippen LogP contribution in [0.2, 0.25) is 18.1 Å². The van der Waals surface area contributed by atoms with Gasteiger partial charge in [0, 0.05) is 5.41 Å². The van der Waals surface area contributed by atoms with Crippen LogP contribution in [0.15, 0.2) is 0 Å². The van der Waals surface area contributed by atoms with Gasteiger partial charge in [0.05, 0.1) is 0 Å². The zero-order valence-corrected chi connectivity index (χ0v) is 14.5. The second-order valence-electron chi connectivity index (χ2n) is 7.31. The van der Waals surface area contributed by atoms with Gasteiger partial charge in [-0.2, -0.15) is 0 Å². The van der Waals surface area contributed by atoms with Crippen molar-refractivity contribution in [1.82, 2.24) is 0 Å². The lowest BCUT2D eigenvalue weighted by Gasteiger charge is -2.49. The molecule has 1 aliphatic rings. The van der Waals surface area contributed by atoms with Crippen molar-refractivity contribution in [3.8, 4) is 11.8 Å². The normalized spacial score (nSPS) is 20.2. The zero-order valence-electron chi connectivity index (χ0n) is 13.5. The maximum atomic E-state index is 8.98. The average Bonchev–Trinajstić information content (AvgIpc) is 2.22. The van der Waals surface area contributed by atoms with Gasteiger partial charge in [-0.05, 0) is 37.4 Å². The van der Waals surface area contributed by atoms with Gasteiger partial charge < -0.3 is 9.53 Å². The zero-order chi connectivity index (χ0) is 14.7. The van der Waals surface area contributed by atoms with Gasteiger partial charge in [0.25, 0.3) is 0 Å². The maximum absolute atomic E-state index is 8.98. The van der Waals surface area contributed by atoms with E-state index in [1.165, 1.54) is 19.3 Å². The highest BCUT2D eigenvalue weighted by Crippen LogP contribution is 2.50. The molecule has 2 nitrogen and oxygen atoms in total. The quantitative estimate of drug-likeness (QED) is 0.625. The first-order chi connectivity index (χ1) is 8.68. The number of hydrogen-bond acceptors (Lipinski definition) is 2. The average molecular weight is 282 g/mol. The van der Waals surface area contributed by atoms with Crippen LogP contribution >= 0.6 is 0 Å². The van der Waals surface area contributed by atoms with E-state index in [0.717, 1.165) is 6.42 Å². The topological polar surface area (TPSA) is 29.5 Å². The van der Waals surface area contributed by atoms with Crippen LogP contribution in [0.25, 0.3) is 0 Å². The van der Waals surface area contributed by atoms with Gasteiger partial charge in [0.2, 0.25) is 0 Å². The van der Waals surface area contributed by atoms with Crippen molar-refractivity contribution in [3.63, 3.8) is 0 Å². The summed E-state index contributed by atoms with van der Waals surface area (Å²) in [7, 11) is -1.81. The van der Waals surface area contributed by atoms with E-state index in [1.807, 2.05) is 0 Å². The summed E-state index contributed by atoms with van der Waals surface area (Å²) in [5.41, 5.74) is 0.234. The van der Waals surface area contributed by atoms with Crippen LogP contribution in [-0.2, 0) is 4.43 Å². The van der Waals surface area contributed by atoms with Crippen LogP contribution in [0, 0.1) is 17.3 Å². The lowest BCUT2D eigenvalue weighted by Crippen LogP contribution is -2.51. The second-order valence-corrected chi connectivity index (χ2v) is 12.1. The molecule has 0 saturated heterocycles. The van der Waals surface area contributed by atoms with Crippen LogP contribution in [0.1, 0.15) is 53.4 Å². The van der Waals surface area contributed by atoms with Crippen LogP contribution in [0.4, 0.5) is 0 Å². The van der Waals surface area contributed by atoms with Crippen molar-refractivity contribution in [2.24, 2.45) is 5.41 Å². The van der Waals surface area contributed by atoms with Gasteiger partial charge in [-0.3, -0.25) is 0 Å². The molecule has 0 bridgehead atoms. The lowest BCUT2D eigenvalue weighted by molar-refractivity contribution is 0.00469. The predicted octanol–water partition coefficient (Wildman–Crippen LogP) is 3.95. The molecule has 1 unspecified atom stereocenters. The first-order valence-electron chi connectivity index (χ1n) is 7.45. The molecule has 3 heteroatoms. The minimum Gasteiger partial charge on any atom is -0.403 e. The summed E-state index contributed by atoms with van der Waals surface area (Å²) in [4.78, 5) is 0. The van der Waals surface area contributed by atoms with Crippen LogP contribution < -0.4 is 0 Å². The third-order valence-corrected chi connectivity index (χ3v) is 9.58. The molecule has 1 saturated carbocycles. The molecule has 0 spiro atoms. The number of aliphatic hydroxyl groups excluding tert-OH is 1. The summed E-state index contributed by atoms with van der Waals surface area (Å²) < 4.78 is 6.56. The molecule has 1 aliphatic carbocycles. The van der Waals surface area contributed by atoms with E-state index >= 15 is 0 Å². The van der Waals surface area contributed by atoms with E-state index in [-0.39, 0.29) is 23.2 Å². The molecule has 19 heavy (non-hydrogen) atoms. The molecule has 0 radical (unpaired) electrons. The van der Waals surface area contributed by atoms with Gasteiger partial charge in [-0.25, -0.2) is 0 Å². The minimum absolute atomic E-state index is 0.000656. The summed E-state index contributed by atoms with van der Waals surface area (Å²) in [5, 5.41) is 9.18. The van der Waals surface area contributed by atoms with E-state index in [0.29, 0.717) is 0 Å². The molecule has 1 N–H and O–H groups in total. The molecule has 1 fully saturated rings. The van der Waals surface area contributed by atoms with E-state index in [2.05, 4.69) is 52.6 Å². The highest BCUT2D eigenvalue weighted by atomic mass is 28.4. The summed E-state index contributed by atoms with van der Waals surface area (Å²) in [5.74, 6) is 6.04. The molecule has 0 aliphatic heterocycles. The lowest BCUT2D eigenvalue weighted by atomic mass is 9.63. The van der Waals surface area contributed by atoms with E-state index in [4.69, 9.17) is 9.53 Å². The maximum Gasteiger partial charge on any atom is 0.193 e. The number of hydrogen-bond donors (Lipinski definition) is 1. The SMILES string of the molecule is CCC1(C(C#CCO)O[Si](C)(C)C(C)(C)C)CCC1. The van der Waals surface area contributed by atoms with Gasteiger partial charge in [-0.1, -0.05) is 46.0 Å². The van der Waals surface area contributed by atoms with Crippen molar-refractivity contribution in [1.29, 1.82) is 0 Å². The van der Waals surface area contributed by atoms with Gasteiger partial charge in [0.15, 0.2) is 8.32 Å². The minimum atomic E-state index is -1.81. The Labute approximate surface area is 120 Å². The molecule has 0 heterocycles. The van der Waals surface area contributed by atoms with Crippen molar-refractivity contribution >= 4 is 8.32 Å². The third-order valence-electron chi connectivity index (χ3n) is 5.14. The van der Waals surface area contributed by atoms with Gasteiger partial charge in [-0.15, -0.1) is 0 Å². The van der Waals surface area contributed by atoms with Crippen molar-refractivity contribution in [3.05, 3.63) is 0 Å². The molecule has 0 aromatic rings. The summed E-state index contributed by atoms with van der Waals surface area (Å²) >= 11 is 0. The molecule has 0 aromatic carbocycles. The molecular weight excluding hydrogens is 252 g/mol. The fourth-order valence-electron chi connectivity index (χ4n) is 2.35. The van der Waals surface area contributed by atoms with Crippen LogP contribution in [-0.4, -0.2) is 26.1 Å². The Balaban J connectivity index is 2.93. The smallest absolute Gasteiger partial charge is 0.193 e. The highest BCUT2D eigenvalue weighted by molar-refractivity contribution is 6.74. The number of aliphatic hydroxyl groups is 1. The number of rotatable bonds is 4. The Hall–Kier alpha value is -0.303. The molecule has 1 atom stereocenters. The monoisotopic (exact) mass is 282 g/mol. The van der Waals surface area contributed by atoms with Crippen molar-refractivity contribution < 1.29 is 9.53 Å². The predicted molar refractivity (Wildman–Crippen MR) is 83.5 cm³/mol.